The van der Waals surface area contributed by atoms with Gasteiger partial charge in [0.15, 0.2) is 0 Å². The molecule has 1 fully saturated rings. The van der Waals surface area contributed by atoms with E-state index in [2.05, 4.69) is 5.32 Å². The molecule has 1 saturated heterocycles. The number of likely N-dealkylation sites (tertiary alicyclic amines) is 1. The van der Waals surface area contributed by atoms with Crippen LogP contribution in [0.25, 0.3) is 0 Å². The van der Waals surface area contributed by atoms with Crippen molar-refractivity contribution in [2.45, 2.75) is 12.8 Å². The lowest BCUT2D eigenvalue weighted by molar-refractivity contribution is 0.136. The number of piperidine rings is 1. The van der Waals surface area contributed by atoms with Crippen molar-refractivity contribution in [1.29, 1.82) is 5.26 Å². The van der Waals surface area contributed by atoms with Gasteiger partial charge in [0.1, 0.15) is 0 Å². The Morgan fingerprint density at radius 3 is 2.84 bits per heavy atom. The van der Waals surface area contributed by atoms with E-state index in [-0.39, 0.29) is 18.6 Å². The molecule has 1 heterocycles. The number of aliphatic hydroxyl groups is 1. The summed E-state index contributed by atoms with van der Waals surface area (Å²) in [6.07, 6.45) is 1.89. The van der Waals surface area contributed by atoms with Crippen LogP contribution in [0.15, 0.2) is 24.3 Å². The zero-order chi connectivity index (χ0) is 13.7. The Balaban J connectivity index is 1.94. The van der Waals surface area contributed by atoms with Crippen LogP contribution in [0.1, 0.15) is 18.4 Å². The molecule has 5 heteroatoms. The molecule has 0 bridgehead atoms. The molecule has 2 N–H and O–H groups in total. The topological polar surface area (TPSA) is 76.4 Å². The third-order valence-corrected chi connectivity index (χ3v) is 3.33. The average Bonchev–Trinajstić information content (AvgIpc) is 2.48. The van der Waals surface area contributed by atoms with E-state index < -0.39 is 0 Å². The number of carbonyl (C=O) groups excluding carboxylic acids is 1. The molecular weight excluding hydrogens is 242 g/mol. The minimum Gasteiger partial charge on any atom is -0.396 e. The minimum absolute atomic E-state index is 0.126. The van der Waals surface area contributed by atoms with Gasteiger partial charge in [-0.15, -0.1) is 0 Å². The summed E-state index contributed by atoms with van der Waals surface area (Å²) in [4.78, 5) is 13.8. The Morgan fingerprint density at radius 1 is 1.47 bits per heavy atom. The molecule has 1 aromatic carbocycles. The van der Waals surface area contributed by atoms with Crippen molar-refractivity contribution < 1.29 is 9.90 Å². The quantitative estimate of drug-likeness (QED) is 0.850. The highest BCUT2D eigenvalue weighted by Crippen LogP contribution is 2.17. The molecule has 0 spiro atoms. The second kappa shape index (κ2) is 6.21. The summed E-state index contributed by atoms with van der Waals surface area (Å²) >= 11 is 0. The molecule has 2 amide bonds. The number of aliphatic hydroxyl groups excluding tert-OH is 1. The summed E-state index contributed by atoms with van der Waals surface area (Å²) in [5, 5.41) is 20.7. The molecule has 0 aromatic heterocycles. The Labute approximate surface area is 112 Å². The number of nitriles is 1. The van der Waals surface area contributed by atoms with E-state index >= 15 is 0 Å². The number of hydrogen-bond donors (Lipinski definition) is 2. The summed E-state index contributed by atoms with van der Waals surface area (Å²) < 4.78 is 0. The van der Waals surface area contributed by atoms with E-state index in [0.29, 0.717) is 17.8 Å². The third-order valence-electron chi connectivity index (χ3n) is 3.33. The smallest absolute Gasteiger partial charge is 0.321 e. The van der Waals surface area contributed by atoms with Gasteiger partial charge in [0.2, 0.25) is 0 Å². The number of nitrogens with zero attached hydrogens (tertiary/aromatic N) is 2. The van der Waals surface area contributed by atoms with E-state index in [1.165, 1.54) is 0 Å². The number of hydrogen-bond acceptors (Lipinski definition) is 3. The molecule has 1 aliphatic heterocycles. The standard InChI is InChI=1S/C14H17N3O2/c15-8-11-3-5-13(6-4-11)16-14(19)17-7-1-2-12(9-17)10-18/h3-6,12,18H,1-2,7,9-10H2,(H,16,19). The van der Waals surface area contributed by atoms with E-state index in [4.69, 9.17) is 10.4 Å². The maximum atomic E-state index is 12.1. The largest absolute Gasteiger partial charge is 0.396 e. The summed E-state index contributed by atoms with van der Waals surface area (Å²) in [5.41, 5.74) is 1.24. The molecule has 1 atom stereocenters. The Hall–Kier alpha value is -2.06. The number of rotatable bonds is 2. The van der Waals surface area contributed by atoms with Crippen LogP contribution >= 0.6 is 0 Å². The normalized spacial score (nSPS) is 18.7. The highest BCUT2D eigenvalue weighted by molar-refractivity contribution is 5.89. The number of anilines is 1. The maximum Gasteiger partial charge on any atom is 0.321 e. The van der Waals surface area contributed by atoms with Crippen molar-refractivity contribution >= 4 is 11.7 Å². The lowest BCUT2D eigenvalue weighted by Crippen LogP contribution is -2.43. The predicted molar refractivity (Wildman–Crippen MR) is 71.6 cm³/mol. The number of carbonyl (C=O) groups is 1. The van der Waals surface area contributed by atoms with Crippen LogP contribution < -0.4 is 5.32 Å². The summed E-state index contributed by atoms with van der Waals surface area (Å²) in [6, 6.07) is 8.65. The van der Waals surface area contributed by atoms with Gasteiger partial charge in [0.05, 0.1) is 11.6 Å². The Morgan fingerprint density at radius 2 is 2.21 bits per heavy atom. The fraction of sp³-hybridized carbons (Fsp3) is 0.429. The van der Waals surface area contributed by atoms with Crippen LogP contribution in [0.5, 0.6) is 0 Å². The van der Waals surface area contributed by atoms with Gasteiger partial charge in [-0.1, -0.05) is 0 Å². The van der Waals surface area contributed by atoms with E-state index in [1.807, 2.05) is 6.07 Å². The van der Waals surface area contributed by atoms with Gasteiger partial charge in [0, 0.05) is 25.4 Å². The van der Waals surface area contributed by atoms with Gasteiger partial charge in [-0.2, -0.15) is 5.26 Å². The van der Waals surface area contributed by atoms with Crippen molar-refractivity contribution in [1.82, 2.24) is 4.90 Å². The zero-order valence-corrected chi connectivity index (χ0v) is 10.7. The lowest BCUT2D eigenvalue weighted by atomic mass is 9.99. The van der Waals surface area contributed by atoms with Crippen LogP contribution in [0.3, 0.4) is 0 Å². The van der Waals surface area contributed by atoms with Gasteiger partial charge < -0.3 is 15.3 Å². The third kappa shape index (κ3) is 3.46. The molecular formula is C14H17N3O2. The van der Waals surface area contributed by atoms with Crippen molar-refractivity contribution in [2.24, 2.45) is 5.92 Å². The first-order chi connectivity index (χ1) is 9.22. The fourth-order valence-electron chi connectivity index (χ4n) is 2.23. The van der Waals surface area contributed by atoms with Gasteiger partial charge >= 0.3 is 6.03 Å². The van der Waals surface area contributed by atoms with E-state index in [1.54, 1.807) is 29.2 Å². The van der Waals surface area contributed by atoms with Gasteiger partial charge in [0.25, 0.3) is 0 Å². The minimum atomic E-state index is -0.150. The molecule has 2 rings (SSSR count). The molecule has 1 aliphatic rings. The van der Waals surface area contributed by atoms with Crippen LogP contribution in [-0.2, 0) is 0 Å². The molecule has 1 unspecified atom stereocenters. The summed E-state index contributed by atoms with van der Waals surface area (Å²) in [7, 11) is 0. The first-order valence-corrected chi connectivity index (χ1v) is 6.40. The van der Waals surface area contributed by atoms with Gasteiger partial charge in [-0.25, -0.2) is 4.79 Å². The average molecular weight is 259 g/mol. The van der Waals surface area contributed by atoms with Crippen molar-refractivity contribution in [3.05, 3.63) is 29.8 Å². The van der Waals surface area contributed by atoms with Crippen LogP contribution in [0.2, 0.25) is 0 Å². The summed E-state index contributed by atoms with van der Waals surface area (Å²) in [5.74, 6) is 0.181. The lowest BCUT2D eigenvalue weighted by Gasteiger charge is -2.31. The molecule has 0 aliphatic carbocycles. The zero-order valence-electron chi connectivity index (χ0n) is 10.7. The number of nitrogens with one attached hydrogen (secondary N) is 1. The van der Waals surface area contributed by atoms with Gasteiger partial charge in [-0.05, 0) is 43.0 Å². The number of benzene rings is 1. The van der Waals surface area contributed by atoms with Crippen molar-refractivity contribution in [2.75, 3.05) is 25.0 Å². The molecule has 0 saturated carbocycles. The van der Waals surface area contributed by atoms with Crippen LogP contribution in [0, 0.1) is 17.2 Å². The first-order valence-electron chi connectivity index (χ1n) is 6.40. The second-order valence-corrected chi connectivity index (χ2v) is 4.76. The first kappa shape index (κ1) is 13.4. The van der Waals surface area contributed by atoms with Crippen molar-refractivity contribution in [3.8, 4) is 6.07 Å². The maximum absolute atomic E-state index is 12.1. The monoisotopic (exact) mass is 259 g/mol. The van der Waals surface area contributed by atoms with Gasteiger partial charge in [-0.3, -0.25) is 0 Å². The Bertz CT molecular complexity index is 478. The summed E-state index contributed by atoms with van der Waals surface area (Å²) in [6.45, 7) is 1.44. The second-order valence-electron chi connectivity index (χ2n) is 4.76. The SMILES string of the molecule is N#Cc1ccc(NC(=O)N2CCCC(CO)C2)cc1. The molecule has 5 nitrogen and oxygen atoms in total. The van der Waals surface area contributed by atoms with Crippen LogP contribution in [0.4, 0.5) is 10.5 Å². The number of amides is 2. The number of urea groups is 1. The predicted octanol–water partition coefficient (Wildman–Crippen LogP) is 1.79. The van der Waals surface area contributed by atoms with Crippen molar-refractivity contribution in [3.63, 3.8) is 0 Å². The highest BCUT2D eigenvalue weighted by Gasteiger charge is 2.22. The highest BCUT2D eigenvalue weighted by atomic mass is 16.3. The molecule has 100 valence electrons. The fourth-order valence-corrected chi connectivity index (χ4v) is 2.23. The van der Waals surface area contributed by atoms with E-state index in [0.717, 1.165) is 19.4 Å². The molecule has 0 radical (unpaired) electrons. The molecule has 1 aromatic rings. The van der Waals surface area contributed by atoms with E-state index in [9.17, 15) is 4.79 Å². The molecule has 19 heavy (non-hydrogen) atoms. The Kier molecular flexibility index (Phi) is 4.37. The van der Waals surface area contributed by atoms with Crippen LogP contribution in [-0.4, -0.2) is 35.7 Å².